The summed E-state index contributed by atoms with van der Waals surface area (Å²) in [5, 5.41) is 9.11. The van der Waals surface area contributed by atoms with Crippen LogP contribution in [0.3, 0.4) is 0 Å². The number of carboxylic acids is 1. The average Bonchev–Trinajstić information content (AvgIpc) is 2.70. The summed E-state index contributed by atoms with van der Waals surface area (Å²) in [6.45, 7) is 4.42. The van der Waals surface area contributed by atoms with Crippen molar-refractivity contribution in [3.63, 3.8) is 0 Å². The van der Waals surface area contributed by atoms with E-state index in [0.29, 0.717) is 5.56 Å². The van der Waals surface area contributed by atoms with Gasteiger partial charge in [0.2, 0.25) is 0 Å². The molecule has 1 aromatic rings. The van der Waals surface area contributed by atoms with E-state index in [1.54, 1.807) is 12.1 Å². The number of benzene rings is 1. The van der Waals surface area contributed by atoms with Crippen LogP contribution in [-0.4, -0.2) is 23.1 Å². The molecule has 158 valence electrons. The zero-order valence-electron chi connectivity index (χ0n) is 17.8. The van der Waals surface area contributed by atoms with Gasteiger partial charge >= 0.3 is 11.9 Å². The van der Waals surface area contributed by atoms with Crippen LogP contribution in [0.15, 0.2) is 24.3 Å². The number of carboxylic acid groups (broad SMARTS) is 1. The standard InChI is InChI=1S/C24H38O4/c1-3-5-7-9-11-13-18-22(17-12-10-8-6-4-2)28-24(27)21-16-14-15-20(19-21)23(25)26/h14-16,19,22H,3-13,17-18H2,1-2H3,(H,25,26). The van der Waals surface area contributed by atoms with Gasteiger partial charge in [-0.25, -0.2) is 9.59 Å². The maximum atomic E-state index is 12.5. The molecular formula is C24H38O4. The minimum absolute atomic E-state index is 0.0752. The van der Waals surface area contributed by atoms with Crippen molar-refractivity contribution >= 4 is 11.9 Å². The lowest BCUT2D eigenvalue weighted by Crippen LogP contribution is -2.19. The molecule has 1 atom stereocenters. The Kier molecular flexibility index (Phi) is 13.1. The number of carbonyl (C=O) groups is 2. The van der Waals surface area contributed by atoms with Crippen LogP contribution in [0.5, 0.6) is 0 Å². The first-order valence-electron chi connectivity index (χ1n) is 11.1. The zero-order valence-corrected chi connectivity index (χ0v) is 17.8. The predicted octanol–water partition coefficient (Wildman–Crippen LogP) is 7.02. The number of carbonyl (C=O) groups excluding carboxylic acids is 1. The Hall–Kier alpha value is -1.84. The van der Waals surface area contributed by atoms with Crippen molar-refractivity contribution in [3.8, 4) is 0 Å². The molecule has 1 aromatic carbocycles. The van der Waals surface area contributed by atoms with Crippen molar-refractivity contribution in [1.82, 2.24) is 0 Å². The number of hydrogen-bond acceptors (Lipinski definition) is 3. The number of ether oxygens (including phenoxy) is 1. The van der Waals surface area contributed by atoms with Gasteiger partial charge in [-0.1, -0.05) is 77.7 Å². The SMILES string of the molecule is CCCCCCCCC(CCCCCCC)OC(=O)c1cccc(C(=O)O)c1. The van der Waals surface area contributed by atoms with Gasteiger partial charge < -0.3 is 9.84 Å². The summed E-state index contributed by atoms with van der Waals surface area (Å²) in [4.78, 5) is 23.6. The van der Waals surface area contributed by atoms with E-state index in [9.17, 15) is 9.59 Å². The lowest BCUT2D eigenvalue weighted by molar-refractivity contribution is 0.0249. The summed E-state index contributed by atoms with van der Waals surface area (Å²) in [6.07, 6.45) is 15.0. The quantitative estimate of drug-likeness (QED) is 0.243. The topological polar surface area (TPSA) is 63.6 Å². The molecular weight excluding hydrogens is 352 g/mol. The summed E-state index contributed by atoms with van der Waals surface area (Å²) in [5.74, 6) is -1.44. The fourth-order valence-corrected chi connectivity index (χ4v) is 3.39. The highest BCUT2D eigenvalue weighted by Crippen LogP contribution is 2.18. The molecule has 0 heterocycles. The van der Waals surface area contributed by atoms with Gasteiger partial charge in [0, 0.05) is 0 Å². The van der Waals surface area contributed by atoms with Crippen molar-refractivity contribution in [2.45, 2.75) is 103 Å². The Morgan fingerprint density at radius 2 is 1.32 bits per heavy atom. The molecule has 28 heavy (non-hydrogen) atoms. The second-order valence-electron chi connectivity index (χ2n) is 7.67. The van der Waals surface area contributed by atoms with E-state index in [-0.39, 0.29) is 11.7 Å². The van der Waals surface area contributed by atoms with Gasteiger partial charge in [0.25, 0.3) is 0 Å². The summed E-state index contributed by atoms with van der Waals surface area (Å²) < 4.78 is 5.77. The summed E-state index contributed by atoms with van der Waals surface area (Å²) in [7, 11) is 0. The third-order valence-electron chi connectivity index (χ3n) is 5.13. The van der Waals surface area contributed by atoms with E-state index in [2.05, 4.69) is 13.8 Å². The average molecular weight is 391 g/mol. The Morgan fingerprint density at radius 3 is 1.86 bits per heavy atom. The summed E-state index contributed by atoms with van der Waals surface area (Å²) in [6, 6.07) is 6.10. The molecule has 0 saturated heterocycles. The normalized spacial score (nSPS) is 11.9. The minimum atomic E-state index is -1.03. The molecule has 0 aliphatic heterocycles. The Balaban J connectivity index is 2.54. The molecule has 0 fully saturated rings. The number of rotatable bonds is 16. The minimum Gasteiger partial charge on any atom is -0.478 e. The van der Waals surface area contributed by atoms with Crippen molar-refractivity contribution in [3.05, 3.63) is 35.4 Å². The van der Waals surface area contributed by atoms with Crippen molar-refractivity contribution in [2.24, 2.45) is 0 Å². The van der Waals surface area contributed by atoms with Crippen molar-refractivity contribution < 1.29 is 19.4 Å². The van der Waals surface area contributed by atoms with E-state index in [1.165, 1.54) is 69.9 Å². The first-order chi connectivity index (χ1) is 13.6. The second kappa shape index (κ2) is 15.1. The summed E-state index contributed by atoms with van der Waals surface area (Å²) in [5.41, 5.74) is 0.431. The fourth-order valence-electron chi connectivity index (χ4n) is 3.39. The zero-order chi connectivity index (χ0) is 20.6. The first kappa shape index (κ1) is 24.2. The maximum absolute atomic E-state index is 12.5. The fraction of sp³-hybridized carbons (Fsp3) is 0.667. The van der Waals surface area contributed by atoms with Gasteiger partial charge in [-0.3, -0.25) is 0 Å². The van der Waals surface area contributed by atoms with Crippen LogP contribution in [0, 0.1) is 0 Å². The second-order valence-corrected chi connectivity index (χ2v) is 7.67. The third kappa shape index (κ3) is 10.5. The Labute approximate surface area is 170 Å². The van der Waals surface area contributed by atoms with Crippen LogP contribution >= 0.6 is 0 Å². The van der Waals surface area contributed by atoms with Crippen LogP contribution in [0.4, 0.5) is 0 Å². The van der Waals surface area contributed by atoms with Crippen LogP contribution in [0.2, 0.25) is 0 Å². The lowest BCUT2D eigenvalue weighted by atomic mass is 10.0. The van der Waals surface area contributed by atoms with Crippen LogP contribution in [0.25, 0.3) is 0 Å². The molecule has 0 aliphatic carbocycles. The molecule has 1 rings (SSSR count). The summed E-state index contributed by atoms with van der Waals surface area (Å²) >= 11 is 0. The van der Waals surface area contributed by atoms with Crippen molar-refractivity contribution in [2.75, 3.05) is 0 Å². The highest BCUT2D eigenvalue weighted by atomic mass is 16.5. The molecule has 1 unspecified atom stereocenters. The molecule has 4 nitrogen and oxygen atoms in total. The monoisotopic (exact) mass is 390 g/mol. The van der Waals surface area contributed by atoms with Crippen LogP contribution in [0.1, 0.15) is 118 Å². The molecule has 0 aliphatic rings. The molecule has 0 aromatic heterocycles. The van der Waals surface area contributed by atoms with E-state index < -0.39 is 11.9 Å². The molecule has 0 amide bonds. The van der Waals surface area contributed by atoms with Gasteiger partial charge in [0.1, 0.15) is 6.10 Å². The van der Waals surface area contributed by atoms with Gasteiger partial charge in [0.05, 0.1) is 11.1 Å². The van der Waals surface area contributed by atoms with Crippen LogP contribution < -0.4 is 0 Å². The lowest BCUT2D eigenvalue weighted by Gasteiger charge is -2.18. The van der Waals surface area contributed by atoms with E-state index in [0.717, 1.165) is 25.7 Å². The highest BCUT2D eigenvalue weighted by molar-refractivity contribution is 5.94. The van der Waals surface area contributed by atoms with Gasteiger partial charge in [-0.15, -0.1) is 0 Å². The third-order valence-corrected chi connectivity index (χ3v) is 5.13. The number of hydrogen-bond donors (Lipinski definition) is 1. The number of unbranched alkanes of at least 4 members (excludes halogenated alkanes) is 9. The van der Waals surface area contributed by atoms with Gasteiger partial charge in [-0.05, 0) is 43.9 Å². The van der Waals surface area contributed by atoms with E-state index >= 15 is 0 Å². The largest absolute Gasteiger partial charge is 0.478 e. The number of aromatic carboxylic acids is 1. The van der Waals surface area contributed by atoms with Crippen molar-refractivity contribution in [1.29, 1.82) is 0 Å². The molecule has 0 saturated carbocycles. The smallest absolute Gasteiger partial charge is 0.338 e. The van der Waals surface area contributed by atoms with Gasteiger partial charge in [0.15, 0.2) is 0 Å². The Bertz CT molecular complexity index is 567. The number of esters is 1. The highest BCUT2D eigenvalue weighted by Gasteiger charge is 2.17. The van der Waals surface area contributed by atoms with E-state index in [4.69, 9.17) is 9.84 Å². The molecule has 4 heteroatoms. The molecule has 0 radical (unpaired) electrons. The van der Waals surface area contributed by atoms with E-state index in [1.807, 2.05) is 0 Å². The Morgan fingerprint density at radius 1 is 0.821 bits per heavy atom. The molecule has 0 bridgehead atoms. The maximum Gasteiger partial charge on any atom is 0.338 e. The molecule has 1 N–H and O–H groups in total. The molecule has 0 spiro atoms. The predicted molar refractivity (Wildman–Crippen MR) is 114 cm³/mol. The van der Waals surface area contributed by atoms with Gasteiger partial charge in [-0.2, -0.15) is 0 Å². The first-order valence-corrected chi connectivity index (χ1v) is 11.1. The van der Waals surface area contributed by atoms with Crippen LogP contribution in [-0.2, 0) is 4.74 Å².